The Bertz CT molecular complexity index is 1350. The number of piperidine rings is 1. The molecule has 0 bridgehead atoms. The van der Waals surface area contributed by atoms with Gasteiger partial charge >= 0.3 is 6.09 Å². The number of thiazole rings is 1. The van der Waals surface area contributed by atoms with Crippen LogP contribution >= 0.6 is 11.3 Å². The van der Waals surface area contributed by atoms with Gasteiger partial charge in [0.15, 0.2) is 5.13 Å². The van der Waals surface area contributed by atoms with Gasteiger partial charge in [0.05, 0.1) is 29.4 Å². The molecule has 3 aliphatic rings. The summed E-state index contributed by atoms with van der Waals surface area (Å²) in [5.41, 5.74) is 2.45. The molecule has 3 fully saturated rings. The number of alkyl halides is 2. The SMILES string of the molecule is O=C1OCCN1c1ccc2nc(Nc3cc(CN4CCCC(F)(F)C4)cc(NC4CCC(O)CC4)n3)sc2c1. The summed E-state index contributed by atoms with van der Waals surface area (Å²) in [6.45, 7) is 1.69. The van der Waals surface area contributed by atoms with Crippen LogP contribution in [0, 0.1) is 0 Å². The molecule has 9 nitrogen and oxygen atoms in total. The number of cyclic esters (lactones) is 1. The normalized spacial score (nSPS) is 23.7. The predicted molar refractivity (Wildman–Crippen MR) is 147 cm³/mol. The third kappa shape index (κ3) is 6.23. The Balaban J connectivity index is 1.24. The van der Waals surface area contributed by atoms with Gasteiger partial charge in [-0.05, 0) is 74.5 Å². The molecular weight excluding hydrogens is 526 g/mol. The number of nitrogens with one attached hydrogen (secondary N) is 2. The van der Waals surface area contributed by atoms with Gasteiger partial charge in [0.25, 0.3) is 5.92 Å². The lowest BCUT2D eigenvalue weighted by Gasteiger charge is -2.32. The van der Waals surface area contributed by atoms with E-state index in [-0.39, 0.29) is 31.2 Å². The lowest BCUT2D eigenvalue weighted by atomic mass is 9.93. The van der Waals surface area contributed by atoms with E-state index in [1.165, 1.54) is 11.3 Å². The van der Waals surface area contributed by atoms with E-state index in [0.29, 0.717) is 49.4 Å². The quantitative estimate of drug-likeness (QED) is 0.357. The van der Waals surface area contributed by atoms with Crippen LogP contribution in [0.25, 0.3) is 10.2 Å². The number of hydrogen-bond acceptors (Lipinski definition) is 9. The van der Waals surface area contributed by atoms with Crippen LogP contribution in [0.15, 0.2) is 30.3 Å². The van der Waals surface area contributed by atoms with Gasteiger partial charge in [-0.25, -0.2) is 23.5 Å². The van der Waals surface area contributed by atoms with Gasteiger partial charge in [-0.2, -0.15) is 0 Å². The van der Waals surface area contributed by atoms with Crippen LogP contribution in [0.5, 0.6) is 0 Å². The summed E-state index contributed by atoms with van der Waals surface area (Å²) < 4.78 is 34.1. The number of likely N-dealkylation sites (tertiary alicyclic amines) is 1. The van der Waals surface area contributed by atoms with Gasteiger partial charge in [0.2, 0.25) is 0 Å². The maximum Gasteiger partial charge on any atom is 0.414 e. The number of benzene rings is 1. The number of aliphatic hydroxyl groups is 1. The molecule has 0 spiro atoms. The predicted octanol–water partition coefficient (Wildman–Crippen LogP) is 5.34. The van der Waals surface area contributed by atoms with Gasteiger partial charge < -0.3 is 20.5 Å². The molecular formula is C27H32F2N6O3S. The molecule has 0 atom stereocenters. The molecule has 2 saturated heterocycles. The number of halogens is 2. The summed E-state index contributed by atoms with van der Waals surface area (Å²) in [5, 5.41) is 17.3. The summed E-state index contributed by atoms with van der Waals surface area (Å²) in [5.74, 6) is -1.41. The van der Waals surface area contributed by atoms with Crippen molar-refractivity contribution >= 4 is 50.1 Å². The van der Waals surface area contributed by atoms with Crippen molar-refractivity contribution in [1.29, 1.82) is 0 Å². The summed E-state index contributed by atoms with van der Waals surface area (Å²) in [6.07, 6.45) is 2.99. The van der Waals surface area contributed by atoms with E-state index in [9.17, 15) is 18.7 Å². The highest BCUT2D eigenvalue weighted by atomic mass is 32.1. The fraction of sp³-hybridized carbons (Fsp3) is 0.519. The molecule has 12 heteroatoms. The number of amides is 1. The number of carbonyl (C=O) groups is 1. The summed E-state index contributed by atoms with van der Waals surface area (Å²) in [6, 6.07) is 9.68. The number of pyridine rings is 1. The second-order valence-corrected chi connectivity index (χ2v) is 11.7. The maximum absolute atomic E-state index is 14.1. The van der Waals surface area contributed by atoms with Crippen LogP contribution in [0.1, 0.15) is 44.1 Å². The molecule has 208 valence electrons. The van der Waals surface area contributed by atoms with Crippen molar-refractivity contribution in [2.24, 2.45) is 0 Å². The first-order chi connectivity index (χ1) is 18.8. The Morgan fingerprint density at radius 2 is 1.92 bits per heavy atom. The molecule has 2 aliphatic heterocycles. The number of aliphatic hydroxyl groups excluding tert-OH is 1. The molecule has 0 radical (unpaired) electrons. The minimum Gasteiger partial charge on any atom is -0.447 e. The Labute approximate surface area is 229 Å². The van der Waals surface area contributed by atoms with Crippen molar-refractivity contribution in [3.63, 3.8) is 0 Å². The largest absolute Gasteiger partial charge is 0.447 e. The van der Waals surface area contributed by atoms with Gasteiger partial charge in [0.1, 0.15) is 18.2 Å². The maximum atomic E-state index is 14.1. The molecule has 3 N–H and O–H groups in total. The minimum atomic E-state index is -2.66. The van der Waals surface area contributed by atoms with Crippen LogP contribution in [-0.4, -0.2) is 70.4 Å². The number of nitrogens with zero attached hydrogens (tertiary/aromatic N) is 4. The highest BCUT2D eigenvalue weighted by Gasteiger charge is 2.35. The zero-order valence-electron chi connectivity index (χ0n) is 21.5. The number of carbonyl (C=O) groups excluding carboxylic acids is 1. The highest BCUT2D eigenvalue weighted by molar-refractivity contribution is 7.22. The molecule has 0 unspecified atom stereocenters. The van der Waals surface area contributed by atoms with Crippen molar-refractivity contribution in [2.45, 2.75) is 63.1 Å². The van der Waals surface area contributed by atoms with Crippen molar-refractivity contribution in [1.82, 2.24) is 14.9 Å². The summed E-state index contributed by atoms with van der Waals surface area (Å²) in [7, 11) is 0. The third-order valence-electron chi connectivity index (χ3n) is 7.49. The molecule has 1 amide bonds. The van der Waals surface area contributed by atoms with E-state index < -0.39 is 5.92 Å². The van der Waals surface area contributed by atoms with Gasteiger partial charge in [-0.3, -0.25) is 9.80 Å². The number of rotatable bonds is 7. The molecule has 2 aromatic heterocycles. The molecule has 1 aliphatic carbocycles. The van der Waals surface area contributed by atoms with Crippen LogP contribution in [0.2, 0.25) is 0 Å². The first kappa shape index (κ1) is 26.1. The smallest absolute Gasteiger partial charge is 0.414 e. The monoisotopic (exact) mass is 558 g/mol. The van der Waals surface area contributed by atoms with Crippen LogP contribution in [-0.2, 0) is 11.3 Å². The molecule has 4 heterocycles. The number of anilines is 4. The van der Waals surface area contributed by atoms with E-state index in [1.807, 2.05) is 30.3 Å². The fourth-order valence-corrected chi connectivity index (χ4v) is 6.46. The number of fused-ring (bicyclic) bond motifs is 1. The van der Waals surface area contributed by atoms with Crippen molar-refractivity contribution < 1.29 is 23.4 Å². The second kappa shape index (κ2) is 10.8. The van der Waals surface area contributed by atoms with Crippen LogP contribution in [0.4, 0.5) is 36.0 Å². The number of aromatic nitrogens is 2. The average Bonchev–Trinajstić information content (AvgIpc) is 3.49. The van der Waals surface area contributed by atoms with Gasteiger partial charge in [-0.15, -0.1) is 0 Å². The zero-order chi connectivity index (χ0) is 27.0. The number of hydrogen-bond donors (Lipinski definition) is 3. The minimum absolute atomic E-state index is 0.0642. The molecule has 1 saturated carbocycles. The lowest BCUT2D eigenvalue weighted by Crippen LogP contribution is -2.42. The van der Waals surface area contributed by atoms with Crippen molar-refractivity contribution in [3.8, 4) is 0 Å². The van der Waals surface area contributed by atoms with Crippen molar-refractivity contribution in [2.75, 3.05) is 41.8 Å². The Hall–Kier alpha value is -3.09. The molecule has 39 heavy (non-hydrogen) atoms. The second-order valence-electron chi connectivity index (χ2n) is 10.6. The average molecular weight is 559 g/mol. The van der Waals surface area contributed by atoms with Crippen molar-refractivity contribution in [3.05, 3.63) is 35.9 Å². The van der Waals surface area contributed by atoms with E-state index in [4.69, 9.17) is 9.72 Å². The standard InChI is InChI=1S/C27H32F2N6O3S/c28-27(29)8-1-9-34(16-27)15-17-12-23(30-18-2-5-20(36)6-3-18)32-24(13-17)33-25-31-21-7-4-19(14-22(21)39-25)35-10-11-38-26(35)37/h4,7,12-14,18,20,36H,1-3,5-6,8-11,15-16H2,(H2,30,31,32,33). The summed E-state index contributed by atoms with van der Waals surface area (Å²) >= 11 is 1.45. The lowest BCUT2D eigenvalue weighted by molar-refractivity contribution is -0.0661. The first-order valence-corrected chi connectivity index (χ1v) is 14.3. The van der Waals surface area contributed by atoms with Crippen LogP contribution in [0.3, 0.4) is 0 Å². The Morgan fingerprint density at radius 3 is 2.69 bits per heavy atom. The molecule has 1 aromatic carbocycles. The van der Waals surface area contributed by atoms with E-state index >= 15 is 0 Å². The van der Waals surface area contributed by atoms with E-state index in [0.717, 1.165) is 47.2 Å². The number of ether oxygens (including phenoxy) is 1. The molecule has 6 rings (SSSR count). The van der Waals surface area contributed by atoms with E-state index in [1.54, 1.807) is 9.80 Å². The zero-order valence-corrected chi connectivity index (χ0v) is 22.4. The Morgan fingerprint density at radius 1 is 1.10 bits per heavy atom. The van der Waals surface area contributed by atoms with Gasteiger partial charge in [0, 0.05) is 24.7 Å². The fourth-order valence-electron chi connectivity index (χ4n) is 5.56. The third-order valence-corrected chi connectivity index (χ3v) is 8.42. The Kier molecular flexibility index (Phi) is 7.25. The molecule has 3 aromatic rings. The van der Waals surface area contributed by atoms with Crippen LogP contribution < -0.4 is 15.5 Å². The topological polar surface area (TPSA) is 103 Å². The highest BCUT2D eigenvalue weighted by Crippen LogP contribution is 2.33. The first-order valence-electron chi connectivity index (χ1n) is 13.5. The summed E-state index contributed by atoms with van der Waals surface area (Å²) in [4.78, 5) is 24.8. The van der Waals surface area contributed by atoms with Gasteiger partial charge in [-0.1, -0.05) is 11.3 Å². The van der Waals surface area contributed by atoms with E-state index in [2.05, 4.69) is 15.6 Å².